The third-order valence-corrected chi connectivity index (χ3v) is 4.26. The first-order valence-electron chi connectivity index (χ1n) is 8.07. The molecule has 0 radical (unpaired) electrons. The lowest BCUT2D eigenvalue weighted by molar-refractivity contribution is 0.628. The molecule has 0 fully saturated rings. The van der Waals surface area contributed by atoms with Gasteiger partial charge in [-0.05, 0) is 55.8 Å². The van der Waals surface area contributed by atoms with Crippen molar-refractivity contribution in [2.75, 3.05) is 0 Å². The Labute approximate surface area is 145 Å². The van der Waals surface area contributed by atoms with E-state index in [0.29, 0.717) is 0 Å². The van der Waals surface area contributed by atoms with Gasteiger partial charge in [-0.2, -0.15) is 0 Å². The summed E-state index contributed by atoms with van der Waals surface area (Å²) >= 11 is 0. The number of hydrogen-bond donors (Lipinski definition) is 0. The third-order valence-electron chi connectivity index (χ3n) is 4.26. The number of nitrogens with zero attached hydrogens (tertiary/aromatic N) is 3. The molecule has 4 heteroatoms. The van der Waals surface area contributed by atoms with Gasteiger partial charge in [0.05, 0.1) is 11.2 Å². The van der Waals surface area contributed by atoms with Crippen LogP contribution < -0.4 is 0 Å². The molecule has 0 amide bonds. The molecule has 25 heavy (non-hydrogen) atoms. The van der Waals surface area contributed by atoms with Gasteiger partial charge in [-0.1, -0.05) is 23.8 Å². The number of benzene rings is 2. The second kappa shape index (κ2) is 6.06. The highest BCUT2D eigenvalue weighted by molar-refractivity contribution is 5.91. The highest BCUT2D eigenvalue weighted by Gasteiger charge is 2.12. The molecule has 0 saturated heterocycles. The first-order chi connectivity index (χ1) is 12.1. The monoisotopic (exact) mass is 329 g/mol. The van der Waals surface area contributed by atoms with E-state index >= 15 is 0 Å². The Morgan fingerprint density at radius 3 is 2.40 bits per heavy atom. The smallest absolute Gasteiger partial charge is 0.123 e. The predicted molar refractivity (Wildman–Crippen MR) is 97.6 cm³/mol. The molecule has 4 rings (SSSR count). The average Bonchev–Trinajstić information content (AvgIpc) is 2.62. The topological polar surface area (TPSA) is 38.7 Å². The van der Waals surface area contributed by atoms with Crippen LogP contribution in [0.15, 0.2) is 60.9 Å². The maximum atomic E-state index is 13.2. The van der Waals surface area contributed by atoms with Crippen molar-refractivity contribution in [3.05, 3.63) is 77.9 Å². The van der Waals surface area contributed by atoms with Crippen LogP contribution in [-0.2, 0) is 0 Å². The normalized spacial score (nSPS) is 11.0. The quantitative estimate of drug-likeness (QED) is 0.512. The van der Waals surface area contributed by atoms with E-state index in [1.807, 2.05) is 12.1 Å². The molecule has 2 aromatic heterocycles. The fourth-order valence-electron chi connectivity index (χ4n) is 3.00. The standard InChI is InChI=1S/C21H16FN3/c1-13-3-8-17(14(2)11-13)20-21-19(23-12-24-20)10-9-18(25-21)15-4-6-16(22)7-5-15/h3-12H,1-2H3. The number of rotatable bonds is 2. The van der Waals surface area contributed by atoms with Gasteiger partial charge in [-0.3, -0.25) is 0 Å². The molecule has 3 nitrogen and oxygen atoms in total. The van der Waals surface area contributed by atoms with E-state index in [2.05, 4.69) is 42.0 Å². The lowest BCUT2D eigenvalue weighted by Gasteiger charge is -2.10. The van der Waals surface area contributed by atoms with Gasteiger partial charge in [0.15, 0.2) is 0 Å². The first kappa shape index (κ1) is 15.4. The molecule has 0 unspecified atom stereocenters. The molecule has 2 aromatic carbocycles. The average molecular weight is 329 g/mol. The fourth-order valence-corrected chi connectivity index (χ4v) is 3.00. The maximum absolute atomic E-state index is 13.2. The Kier molecular flexibility index (Phi) is 3.73. The van der Waals surface area contributed by atoms with Crippen LogP contribution in [0.5, 0.6) is 0 Å². The second-order valence-electron chi connectivity index (χ2n) is 6.11. The molecular formula is C21H16FN3. The van der Waals surface area contributed by atoms with E-state index in [9.17, 15) is 4.39 Å². The Bertz CT molecular complexity index is 1070. The predicted octanol–water partition coefficient (Wildman–Crippen LogP) is 5.11. The summed E-state index contributed by atoms with van der Waals surface area (Å²) in [5, 5.41) is 0. The molecular weight excluding hydrogens is 313 g/mol. The molecule has 0 aliphatic heterocycles. The minimum atomic E-state index is -0.260. The Hall–Kier alpha value is -3.14. The van der Waals surface area contributed by atoms with E-state index < -0.39 is 0 Å². The zero-order valence-electron chi connectivity index (χ0n) is 14.0. The van der Waals surface area contributed by atoms with Crippen LogP contribution in [-0.4, -0.2) is 15.0 Å². The summed E-state index contributed by atoms with van der Waals surface area (Å²) in [4.78, 5) is 13.6. The summed E-state index contributed by atoms with van der Waals surface area (Å²) in [6, 6.07) is 16.4. The summed E-state index contributed by atoms with van der Waals surface area (Å²) in [5.74, 6) is -0.260. The van der Waals surface area contributed by atoms with Gasteiger partial charge in [0.2, 0.25) is 0 Å². The molecule has 0 aliphatic rings. The largest absolute Gasteiger partial charge is 0.244 e. The highest BCUT2D eigenvalue weighted by atomic mass is 19.1. The summed E-state index contributed by atoms with van der Waals surface area (Å²) in [6.45, 7) is 4.14. The van der Waals surface area contributed by atoms with Crippen molar-refractivity contribution >= 4 is 11.0 Å². The molecule has 2 heterocycles. The fraction of sp³-hybridized carbons (Fsp3) is 0.0952. The maximum Gasteiger partial charge on any atom is 0.123 e. The molecule has 0 atom stereocenters. The van der Waals surface area contributed by atoms with Crippen LogP contribution >= 0.6 is 0 Å². The van der Waals surface area contributed by atoms with Crippen LogP contribution in [0.4, 0.5) is 4.39 Å². The van der Waals surface area contributed by atoms with Crippen molar-refractivity contribution in [2.45, 2.75) is 13.8 Å². The van der Waals surface area contributed by atoms with E-state index in [4.69, 9.17) is 4.98 Å². The van der Waals surface area contributed by atoms with Gasteiger partial charge < -0.3 is 0 Å². The van der Waals surface area contributed by atoms with Crippen molar-refractivity contribution in [3.8, 4) is 22.5 Å². The number of aromatic nitrogens is 3. The molecule has 0 N–H and O–H groups in total. The number of hydrogen-bond acceptors (Lipinski definition) is 3. The Morgan fingerprint density at radius 2 is 1.64 bits per heavy atom. The van der Waals surface area contributed by atoms with Crippen LogP contribution in [0, 0.1) is 19.7 Å². The minimum absolute atomic E-state index is 0.260. The Balaban J connectivity index is 1.93. The summed E-state index contributed by atoms with van der Waals surface area (Å²) in [7, 11) is 0. The molecule has 122 valence electrons. The summed E-state index contributed by atoms with van der Waals surface area (Å²) in [6.07, 6.45) is 1.57. The highest BCUT2D eigenvalue weighted by Crippen LogP contribution is 2.29. The first-order valence-corrected chi connectivity index (χ1v) is 8.07. The number of pyridine rings is 1. The van der Waals surface area contributed by atoms with E-state index in [1.54, 1.807) is 18.5 Å². The Morgan fingerprint density at radius 1 is 0.840 bits per heavy atom. The number of aryl methyl sites for hydroxylation is 2. The molecule has 4 aromatic rings. The molecule has 0 aliphatic carbocycles. The third kappa shape index (κ3) is 2.87. The van der Waals surface area contributed by atoms with Gasteiger partial charge in [0, 0.05) is 11.1 Å². The van der Waals surface area contributed by atoms with Crippen LogP contribution in [0.3, 0.4) is 0 Å². The lowest BCUT2D eigenvalue weighted by Crippen LogP contribution is -1.95. The van der Waals surface area contributed by atoms with Crippen molar-refractivity contribution in [1.82, 2.24) is 15.0 Å². The van der Waals surface area contributed by atoms with Gasteiger partial charge in [0.1, 0.15) is 23.4 Å². The molecule has 0 saturated carbocycles. The van der Waals surface area contributed by atoms with E-state index in [1.165, 1.54) is 17.7 Å². The van der Waals surface area contributed by atoms with Gasteiger partial charge in [0.25, 0.3) is 0 Å². The van der Waals surface area contributed by atoms with Crippen molar-refractivity contribution in [1.29, 1.82) is 0 Å². The van der Waals surface area contributed by atoms with Crippen molar-refractivity contribution in [2.24, 2.45) is 0 Å². The van der Waals surface area contributed by atoms with Crippen LogP contribution in [0.1, 0.15) is 11.1 Å². The van der Waals surface area contributed by atoms with Crippen LogP contribution in [0.2, 0.25) is 0 Å². The van der Waals surface area contributed by atoms with E-state index in [-0.39, 0.29) is 5.82 Å². The zero-order valence-corrected chi connectivity index (χ0v) is 14.0. The SMILES string of the molecule is Cc1ccc(-c2ncnc3ccc(-c4ccc(F)cc4)nc23)c(C)c1. The lowest BCUT2D eigenvalue weighted by atomic mass is 10.0. The second-order valence-corrected chi connectivity index (χ2v) is 6.11. The summed E-state index contributed by atoms with van der Waals surface area (Å²) < 4.78 is 13.2. The minimum Gasteiger partial charge on any atom is -0.244 e. The zero-order chi connectivity index (χ0) is 17.4. The van der Waals surface area contributed by atoms with Crippen molar-refractivity contribution < 1.29 is 4.39 Å². The number of halogens is 1. The molecule has 0 spiro atoms. The van der Waals surface area contributed by atoms with Crippen LogP contribution in [0.25, 0.3) is 33.5 Å². The van der Waals surface area contributed by atoms with Gasteiger partial charge >= 0.3 is 0 Å². The van der Waals surface area contributed by atoms with Gasteiger partial charge in [-0.15, -0.1) is 0 Å². The van der Waals surface area contributed by atoms with E-state index in [0.717, 1.165) is 39.1 Å². The van der Waals surface area contributed by atoms with Crippen molar-refractivity contribution in [3.63, 3.8) is 0 Å². The van der Waals surface area contributed by atoms with Gasteiger partial charge in [-0.25, -0.2) is 19.3 Å². The molecule has 0 bridgehead atoms. The number of fused-ring (bicyclic) bond motifs is 1. The summed E-state index contributed by atoms with van der Waals surface area (Å²) in [5.41, 5.74) is 7.38.